The number of anilines is 1. The fraction of sp³-hybridized carbons (Fsp3) is 0.571. The molecule has 0 spiro atoms. The predicted octanol–water partition coefficient (Wildman–Crippen LogP) is 2.52. The molecule has 0 N–H and O–H groups in total. The average Bonchev–Trinajstić information content (AvgIpc) is 2.48. The third-order valence-electron chi connectivity index (χ3n) is 3.01. The molecule has 0 radical (unpaired) electrons. The van der Waals surface area contributed by atoms with E-state index in [2.05, 4.69) is 40.3 Å². The van der Waals surface area contributed by atoms with Crippen LogP contribution in [0.15, 0.2) is 22.3 Å². The van der Waals surface area contributed by atoms with Crippen molar-refractivity contribution in [3.8, 4) is 0 Å². The molecule has 0 atom stereocenters. The number of nitrogens with zero attached hydrogens (tertiary/aromatic N) is 5. The first kappa shape index (κ1) is 18.8. The Morgan fingerprint density at radius 3 is 2.41 bits per heavy atom. The van der Waals surface area contributed by atoms with Gasteiger partial charge in [-0.25, -0.2) is 0 Å². The van der Waals surface area contributed by atoms with Gasteiger partial charge >= 0.3 is 0 Å². The highest BCUT2D eigenvalue weighted by atomic mass is 32.2. The topological polar surface area (TPSA) is 62.2 Å². The molecule has 0 aromatic carbocycles. The molecule has 0 bridgehead atoms. The Labute approximate surface area is 140 Å². The van der Waals surface area contributed by atoms with E-state index in [1.54, 1.807) is 24.3 Å². The van der Waals surface area contributed by atoms with Crippen LogP contribution in [0, 0.1) is 0 Å². The summed E-state index contributed by atoms with van der Waals surface area (Å²) < 4.78 is 0. The summed E-state index contributed by atoms with van der Waals surface area (Å²) in [5.41, 5.74) is 0. The van der Waals surface area contributed by atoms with Crippen LogP contribution in [0.5, 0.6) is 0 Å². The summed E-state index contributed by atoms with van der Waals surface area (Å²) in [6.45, 7) is 11.8. The molecule has 1 heterocycles. The Morgan fingerprint density at radius 1 is 1.23 bits per heavy atom. The molecule has 122 valence electrons. The van der Waals surface area contributed by atoms with Gasteiger partial charge in [0.2, 0.25) is 11.9 Å². The highest BCUT2D eigenvalue weighted by molar-refractivity contribution is 8.02. The summed E-state index contributed by atoms with van der Waals surface area (Å²) in [5, 5.41) is 3.03. The third kappa shape index (κ3) is 5.84. The van der Waals surface area contributed by atoms with Crippen molar-refractivity contribution in [1.29, 1.82) is 0 Å². The van der Waals surface area contributed by atoms with Crippen molar-refractivity contribution in [2.45, 2.75) is 31.1 Å². The van der Waals surface area contributed by atoms with Crippen LogP contribution >= 0.6 is 23.5 Å². The van der Waals surface area contributed by atoms with Gasteiger partial charge in [0.05, 0.1) is 0 Å². The molecule has 1 aromatic heterocycles. The van der Waals surface area contributed by atoms with E-state index in [4.69, 9.17) is 0 Å². The Bertz CT molecular complexity index is 508. The van der Waals surface area contributed by atoms with Crippen molar-refractivity contribution in [3.05, 3.63) is 12.0 Å². The minimum atomic E-state index is 0.0583. The van der Waals surface area contributed by atoms with Crippen molar-refractivity contribution >= 4 is 35.4 Å². The fourth-order valence-electron chi connectivity index (χ4n) is 1.60. The summed E-state index contributed by atoms with van der Waals surface area (Å²) in [6, 6.07) is 0. The lowest BCUT2D eigenvalue weighted by atomic mass is 10.5. The van der Waals surface area contributed by atoms with Gasteiger partial charge in [-0.3, -0.25) is 4.79 Å². The lowest BCUT2D eigenvalue weighted by molar-refractivity contribution is -0.127. The molecule has 1 rings (SSSR count). The molecule has 0 aliphatic carbocycles. The zero-order valence-electron chi connectivity index (χ0n) is 13.6. The molecule has 0 fully saturated rings. The number of carbonyl (C=O) groups excluding carboxylic acids is 1. The van der Waals surface area contributed by atoms with Gasteiger partial charge < -0.3 is 9.80 Å². The van der Waals surface area contributed by atoms with Crippen LogP contribution in [0.4, 0.5) is 5.95 Å². The normalized spacial score (nSPS) is 10.4. The largest absolute Gasteiger partial charge is 0.345 e. The fourth-order valence-corrected chi connectivity index (χ4v) is 2.92. The van der Waals surface area contributed by atoms with E-state index in [0.29, 0.717) is 22.8 Å². The van der Waals surface area contributed by atoms with Crippen LogP contribution in [0.25, 0.3) is 0 Å². The smallest absolute Gasteiger partial charge is 0.230 e. The molecule has 22 heavy (non-hydrogen) atoms. The maximum Gasteiger partial charge on any atom is 0.230 e. The molecular weight excluding hydrogens is 318 g/mol. The second kappa shape index (κ2) is 9.68. The Balaban J connectivity index is 2.83. The highest BCUT2D eigenvalue weighted by Crippen LogP contribution is 2.22. The van der Waals surface area contributed by atoms with Crippen molar-refractivity contribution < 1.29 is 4.79 Å². The number of hydrogen-bond acceptors (Lipinski definition) is 7. The van der Waals surface area contributed by atoms with Gasteiger partial charge in [0, 0.05) is 39.4 Å². The third-order valence-corrected chi connectivity index (χ3v) is 4.40. The summed E-state index contributed by atoms with van der Waals surface area (Å²) in [4.78, 5) is 28.4. The van der Waals surface area contributed by atoms with Crippen LogP contribution in [0.1, 0.15) is 20.8 Å². The van der Waals surface area contributed by atoms with E-state index in [-0.39, 0.29) is 5.91 Å². The lowest BCUT2D eigenvalue weighted by Gasteiger charge is -2.19. The maximum absolute atomic E-state index is 11.2. The molecule has 1 amide bonds. The molecule has 8 heteroatoms. The average molecular weight is 342 g/mol. The molecule has 0 saturated carbocycles. The van der Waals surface area contributed by atoms with Crippen molar-refractivity contribution in [2.24, 2.45) is 0 Å². The van der Waals surface area contributed by atoms with E-state index >= 15 is 0 Å². The Hall–Kier alpha value is -1.28. The first-order valence-electron chi connectivity index (χ1n) is 7.14. The quantitative estimate of drug-likeness (QED) is 0.640. The minimum Gasteiger partial charge on any atom is -0.345 e. The van der Waals surface area contributed by atoms with Crippen LogP contribution in [0.3, 0.4) is 0 Å². The Kier molecular flexibility index (Phi) is 8.26. The number of aromatic nitrogens is 3. The Morgan fingerprint density at radius 2 is 1.86 bits per heavy atom. The molecule has 0 aliphatic heterocycles. The van der Waals surface area contributed by atoms with Gasteiger partial charge in [0.1, 0.15) is 0 Å². The van der Waals surface area contributed by atoms with Gasteiger partial charge in [-0.15, -0.1) is 0 Å². The number of hydrogen-bond donors (Lipinski definition) is 0. The molecule has 1 aromatic rings. The molecule has 0 unspecified atom stereocenters. The lowest BCUT2D eigenvalue weighted by Crippen LogP contribution is -2.26. The van der Waals surface area contributed by atoms with E-state index < -0.39 is 0 Å². The second-order valence-electron chi connectivity index (χ2n) is 4.45. The first-order valence-corrected chi connectivity index (χ1v) is 9.01. The maximum atomic E-state index is 11.2. The second-order valence-corrected chi connectivity index (χ2v) is 6.44. The number of thioether (sulfide) groups is 2. The van der Waals surface area contributed by atoms with Crippen LogP contribution in [-0.4, -0.2) is 58.2 Å². The van der Waals surface area contributed by atoms with E-state index in [0.717, 1.165) is 18.8 Å². The molecular formula is C14H23N5OS2. The van der Waals surface area contributed by atoms with Gasteiger partial charge in [-0.1, -0.05) is 30.1 Å². The highest BCUT2D eigenvalue weighted by Gasteiger charge is 2.12. The van der Waals surface area contributed by atoms with Crippen molar-refractivity contribution in [2.75, 3.05) is 37.3 Å². The van der Waals surface area contributed by atoms with Crippen molar-refractivity contribution in [3.63, 3.8) is 0 Å². The van der Waals surface area contributed by atoms with E-state index in [9.17, 15) is 4.79 Å². The van der Waals surface area contributed by atoms with E-state index in [1.807, 2.05) is 0 Å². The van der Waals surface area contributed by atoms with E-state index in [1.165, 1.54) is 23.5 Å². The van der Waals surface area contributed by atoms with Gasteiger partial charge in [-0.2, -0.15) is 15.0 Å². The summed E-state index contributed by atoms with van der Waals surface area (Å²) in [6.07, 6.45) is 0. The summed E-state index contributed by atoms with van der Waals surface area (Å²) in [5.74, 6) is 1.49. The SMILES string of the molecule is C=CSc1nc(SCCN(C)C(C)=O)nc(N(CC)CC)n1. The first-order chi connectivity index (χ1) is 10.5. The molecule has 0 aliphatic rings. The standard InChI is InChI=1S/C14H23N5OS2/c1-6-19(7-2)12-15-13(21-8-3)17-14(16-12)22-10-9-18(5)11(4)20/h8H,3,6-7,9-10H2,1-2,4-5H3. The van der Waals surface area contributed by atoms with Gasteiger partial charge in [0.25, 0.3) is 0 Å². The number of rotatable bonds is 9. The van der Waals surface area contributed by atoms with Gasteiger partial charge in [-0.05, 0) is 19.3 Å². The number of amides is 1. The zero-order valence-corrected chi connectivity index (χ0v) is 15.2. The van der Waals surface area contributed by atoms with Gasteiger partial charge in [0.15, 0.2) is 10.3 Å². The minimum absolute atomic E-state index is 0.0583. The zero-order chi connectivity index (χ0) is 16.5. The monoisotopic (exact) mass is 341 g/mol. The van der Waals surface area contributed by atoms with Crippen molar-refractivity contribution in [1.82, 2.24) is 19.9 Å². The molecule has 0 saturated heterocycles. The number of carbonyl (C=O) groups is 1. The van der Waals surface area contributed by atoms with Crippen LogP contribution in [0.2, 0.25) is 0 Å². The summed E-state index contributed by atoms with van der Waals surface area (Å²) >= 11 is 2.91. The predicted molar refractivity (Wildman–Crippen MR) is 93.5 cm³/mol. The molecule has 6 nitrogen and oxygen atoms in total. The van der Waals surface area contributed by atoms with Crippen LogP contribution < -0.4 is 4.90 Å². The van der Waals surface area contributed by atoms with Crippen LogP contribution in [-0.2, 0) is 4.79 Å². The summed E-state index contributed by atoms with van der Waals surface area (Å²) in [7, 11) is 1.79.